The van der Waals surface area contributed by atoms with Crippen LogP contribution in [-0.2, 0) is 20.6 Å². The van der Waals surface area contributed by atoms with Crippen LogP contribution in [0.15, 0.2) is 34.7 Å². The van der Waals surface area contributed by atoms with Crippen molar-refractivity contribution >= 4 is 15.5 Å². The molecule has 0 N–H and O–H groups in total. The molecule has 0 aliphatic carbocycles. The van der Waals surface area contributed by atoms with E-state index < -0.39 is 0 Å². The predicted molar refractivity (Wildman–Crippen MR) is 47.3 cm³/mol. The molecule has 2 nitrogen and oxygen atoms in total. The van der Waals surface area contributed by atoms with Gasteiger partial charge in [0, 0.05) is 0 Å². The SMILES string of the molecule is CO[C](=[Cr])c1cc2ccccc2o1. The van der Waals surface area contributed by atoms with E-state index in [0.29, 0.717) is 4.57 Å². The van der Waals surface area contributed by atoms with E-state index in [2.05, 4.69) is 15.9 Å². The summed E-state index contributed by atoms with van der Waals surface area (Å²) in [7, 11) is 1.61. The summed E-state index contributed by atoms with van der Waals surface area (Å²) < 4.78 is 11.2. The van der Waals surface area contributed by atoms with Crippen molar-refractivity contribution in [3.63, 3.8) is 0 Å². The summed E-state index contributed by atoms with van der Waals surface area (Å²) in [6.07, 6.45) is 0. The first-order chi connectivity index (χ1) is 6.31. The minimum atomic E-state index is 0.677. The van der Waals surface area contributed by atoms with E-state index in [-0.39, 0.29) is 0 Å². The maximum absolute atomic E-state index is 5.53. The van der Waals surface area contributed by atoms with Gasteiger partial charge in [0.1, 0.15) is 0 Å². The van der Waals surface area contributed by atoms with Gasteiger partial charge in [0.05, 0.1) is 0 Å². The van der Waals surface area contributed by atoms with Crippen LogP contribution in [0.1, 0.15) is 5.76 Å². The second kappa shape index (κ2) is 3.47. The van der Waals surface area contributed by atoms with Crippen LogP contribution in [0.2, 0.25) is 0 Å². The fourth-order valence-electron chi connectivity index (χ4n) is 1.18. The Morgan fingerprint density at radius 1 is 1.38 bits per heavy atom. The molecular formula is C10H8CrO2. The third-order valence-corrected chi connectivity index (χ3v) is 2.39. The molecule has 0 amide bonds. The summed E-state index contributed by atoms with van der Waals surface area (Å²) in [5.41, 5.74) is 0.877. The molecule has 0 atom stereocenters. The van der Waals surface area contributed by atoms with E-state index in [1.54, 1.807) is 7.11 Å². The Morgan fingerprint density at radius 3 is 2.85 bits per heavy atom. The summed E-state index contributed by atoms with van der Waals surface area (Å²) >= 11 is 2.80. The predicted octanol–water partition coefficient (Wildman–Crippen LogP) is 2.10. The number of ether oxygens (including phenoxy) is 1. The van der Waals surface area contributed by atoms with Crippen LogP contribution in [0, 0.1) is 0 Å². The van der Waals surface area contributed by atoms with Crippen molar-refractivity contribution in [2.45, 2.75) is 0 Å². The molecular weight excluding hydrogens is 204 g/mol. The van der Waals surface area contributed by atoms with Gasteiger partial charge in [0.2, 0.25) is 0 Å². The van der Waals surface area contributed by atoms with Crippen molar-refractivity contribution in [1.29, 1.82) is 0 Å². The van der Waals surface area contributed by atoms with Gasteiger partial charge in [-0.2, -0.15) is 0 Å². The number of para-hydroxylation sites is 1. The fourth-order valence-corrected chi connectivity index (χ4v) is 1.34. The maximum atomic E-state index is 5.53. The number of hydrogen-bond donors (Lipinski definition) is 0. The summed E-state index contributed by atoms with van der Waals surface area (Å²) in [5, 5.41) is 1.09. The third-order valence-electron chi connectivity index (χ3n) is 1.81. The van der Waals surface area contributed by atoms with Crippen LogP contribution >= 0.6 is 0 Å². The summed E-state index contributed by atoms with van der Waals surface area (Å²) in [6.45, 7) is 0. The van der Waals surface area contributed by atoms with Gasteiger partial charge < -0.3 is 0 Å². The number of benzene rings is 1. The van der Waals surface area contributed by atoms with Gasteiger partial charge >= 0.3 is 83.7 Å². The Labute approximate surface area is 84.1 Å². The second-order valence-corrected chi connectivity index (χ2v) is 3.22. The molecule has 0 aliphatic heterocycles. The van der Waals surface area contributed by atoms with E-state index in [1.165, 1.54) is 0 Å². The third kappa shape index (κ3) is 1.59. The van der Waals surface area contributed by atoms with Crippen molar-refractivity contribution in [3.8, 4) is 0 Å². The zero-order valence-corrected chi connectivity index (χ0v) is 8.39. The van der Waals surface area contributed by atoms with Crippen molar-refractivity contribution in [2.75, 3.05) is 7.11 Å². The van der Waals surface area contributed by atoms with Crippen LogP contribution in [0.4, 0.5) is 0 Å². The van der Waals surface area contributed by atoms with Crippen molar-refractivity contribution in [1.82, 2.24) is 0 Å². The number of fused-ring (bicyclic) bond motifs is 1. The van der Waals surface area contributed by atoms with Gasteiger partial charge in [-0.25, -0.2) is 0 Å². The number of hydrogen-bond acceptors (Lipinski definition) is 2. The molecule has 0 unspecified atom stereocenters. The van der Waals surface area contributed by atoms with Crippen LogP contribution in [0.25, 0.3) is 11.0 Å². The Morgan fingerprint density at radius 2 is 2.15 bits per heavy atom. The Hall–Kier alpha value is -0.878. The summed E-state index contributed by atoms with van der Waals surface area (Å²) in [4.78, 5) is 0. The molecule has 0 spiro atoms. The minimum absolute atomic E-state index is 0.677. The number of furan rings is 1. The molecule has 0 aliphatic rings. The van der Waals surface area contributed by atoms with Gasteiger partial charge in [-0.1, -0.05) is 0 Å². The molecule has 2 aromatic rings. The van der Waals surface area contributed by atoms with E-state index in [0.717, 1.165) is 16.7 Å². The van der Waals surface area contributed by atoms with Gasteiger partial charge in [-0.15, -0.1) is 0 Å². The van der Waals surface area contributed by atoms with E-state index in [4.69, 9.17) is 9.15 Å². The molecule has 2 rings (SSSR count). The summed E-state index contributed by atoms with van der Waals surface area (Å²) in [6, 6.07) is 9.81. The summed E-state index contributed by atoms with van der Waals surface area (Å²) in [5.74, 6) is 0.740. The van der Waals surface area contributed by atoms with Gasteiger partial charge in [0.15, 0.2) is 0 Å². The van der Waals surface area contributed by atoms with Crippen LogP contribution in [0.3, 0.4) is 0 Å². The zero-order chi connectivity index (χ0) is 9.26. The molecule has 1 aromatic heterocycles. The molecule has 0 radical (unpaired) electrons. The monoisotopic (exact) mass is 212 g/mol. The first kappa shape index (κ1) is 8.71. The van der Waals surface area contributed by atoms with Crippen molar-refractivity contribution in [2.24, 2.45) is 0 Å². The standard InChI is InChI=1S/C10H8O2.Cr/c1-11-7-9-6-8-4-2-3-5-10(8)12-9;/h2-6H,1H3;. The number of rotatable bonds is 2. The van der Waals surface area contributed by atoms with Gasteiger partial charge in [-0.3, -0.25) is 0 Å². The zero-order valence-electron chi connectivity index (χ0n) is 7.11. The molecule has 13 heavy (non-hydrogen) atoms. The molecule has 1 aromatic carbocycles. The average Bonchev–Trinajstić information content (AvgIpc) is 2.59. The molecule has 3 heteroatoms. The van der Waals surface area contributed by atoms with E-state index >= 15 is 0 Å². The average molecular weight is 212 g/mol. The molecule has 1 heterocycles. The molecule has 0 bridgehead atoms. The van der Waals surface area contributed by atoms with E-state index in [9.17, 15) is 0 Å². The van der Waals surface area contributed by atoms with Gasteiger partial charge in [-0.05, 0) is 0 Å². The van der Waals surface area contributed by atoms with Crippen LogP contribution in [0.5, 0.6) is 0 Å². The van der Waals surface area contributed by atoms with Crippen molar-refractivity contribution in [3.05, 3.63) is 36.1 Å². The first-order valence-electron chi connectivity index (χ1n) is 3.88. The Bertz CT molecular complexity index is 412. The topological polar surface area (TPSA) is 22.4 Å². The number of methoxy groups -OCH3 is 1. The fraction of sp³-hybridized carbons (Fsp3) is 0.100. The molecule has 0 fully saturated rings. The van der Waals surface area contributed by atoms with Gasteiger partial charge in [0.25, 0.3) is 0 Å². The Balaban J connectivity index is 2.56. The molecule has 66 valence electrons. The molecule has 0 saturated heterocycles. The van der Waals surface area contributed by atoms with E-state index in [1.807, 2.05) is 30.3 Å². The molecule has 0 saturated carbocycles. The Kier molecular flexibility index (Phi) is 2.32. The van der Waals surface area contributed by atoms with Crippen LogP contribution < -0.4 is 0 Å². The van der Waals surface area contributed by atoms with Crippen LogP contribution in [-0.4, -0.2) is 11.7 Å². The quantitative estimate of drug-likeness (QED) is 0.760. The first-order valence-corrected chi connectivity index (χ1v) is 4.52. The second-order valence-electron chi connectivity index (χ2n) is 2.64. The van der Waals surface area contributed by atoms with Crippen molar-refractivity contribution < 1.29 is 25.0 Å². The normalized spacial score (nSPS) is 10.5.